The van der Waals surface area contributed by atoms with Crippen LogP contribution < -0.4 is 0 Å². The number of unbranched alkanes of at least 4 members (excludes halogenated alkanes) is 1. The van der Waals surface area contributed by atoms with Crippen molar-refractivity contribution in [2.75, 3.05) is 0 Å². The van der Waals surface area contributed by atoms with Crippen molar-refractivity contribution in [1.82, 2.24) is 9.13 Å². The first kappa shape index (κ1) is 12.8. The molecule has 0 saturated heterocycles. The van der Waals surface area contributed by atoms with Crippen LogP contribution in [0.1, 0.15) is 37.4 Å². The summed E-state index contributed by atoms with van der Waals surface area (Å²) < 4.78 is 4.93. The summed E-state index contributed by atoms with van der Waals surface area (Å²) in [7, 11) is 2.22. The van der Waals surface area contributed by atoms with Crippen molar-refractivity contribution >= 4 is 28.0 Å². The molecule has 21 heavy (non-hydrogen) atoms. The maximum Gasteiger partial charge on any atom is 0.121 e. The third-order valence-corrected chi connectivity index (χ3v) is 4.81. The van der Waals surface area contributed by atoms with Crippen molar-refractivity contribution in [3.63, 3.8) is 0 Å². The van der Waals surface area contributed by atoms with Crippen molar-refractivity contribution < 1.29 is 0 Å². The predicted molar refractivity (Wildman–Crippen MR) is 90.7 cm³/mol. The molecule has 0 atom stereocenters. The third-order valence-electron chi connectivity index (χ3n) is 4.81. The van der Waals surface area contributed by atoms with Crippen LogP contribution in [-0.4, -0.2) is 9.13 Å². The van der Waals surface area contributed by atoms with Crippen LogP contribution in [0.25, 0.3) is 28.0 Å². The maximum atomic E-state index is 2.53. The van der Waals surface area contributed by atoms with Gasteiger partial charge in [0.05, 0.1) is 5.52 Å². The summed E-state index contributed by atoms with van der Waals surface area (Å²) in [5, 5.41) is 2.92. The van der Waals surface area contributed by atoms with Crippen molar-refractivity contribution in [1.29, 1.82) is 0 Å². The first-order chi connectivity index (χ1) is 10.3. The Hall–Kier alpha value is -1.96. The van der Waals surface area contributed by atoms with Gasteiger partial charge in [0.2, 0.25) is 0 Å². The van der Waals surface area contributed by atoms with E-state index in [2.05, 4.69) is 59.5 Å². The van der Waals surface area contributed by atoms with Gasteiger partial charge in [-0.25, -0.2) is 0 Å². The van der Waals surface area contributed by atoms with Crippen LogP contribution in [0.2, 0.25) is 0 Å². The van der Waals surface area contributed by atoms with Crippen LogP contribution in [0.4, 0.5) is 0 Å². The van der Waals surface area contributed by atoms with E-state index in [1.54, 1.807) is 5.56 Å². The molecule has 0 N–H and O–H groups in total. The second kappa shape index (κ2) is 4.80. The molecule has 2 aromatic heterocycles. The Morgan fingerprint density at radius 3 is 2.90 bits per heavy atom. The van der Waals surface area contributed by atoms with E-state index in [4.69, 9.17) is 0 Å². The molecule has 0 unspecified atom stereocenters. The van der Waals surface area contributed by atoms with Crippen LogP contribution in [0.3, 0.4) is 0 Å². The van der Waals surface area contributed by atoms with Crippen molar-refractivity contribution in [2.24, 2.45) is 7.05 Å². The molecule has 1 aliphatic carbocycles. The molecule has 1 aliphatic rings. The number of fused-ring (bicyclic) bond motifs is 5. The first-order valence-corrected chi connectivity index (χ1v) is 8.08. The minimum absolute atomic E-state index is 1.11. The fraction of sp³-hybridized carbons (Fsp3) is 0.368. The second-order valence-electron chi connectivity index (χ2n) is 6.08. The molecule has 0 saturated carbocycles. The summed E-state index contributed by atoms with van der Waals surface area (Å²) in [5.41, 5.74) is 5.74. The number of hydrogen-bond acceptors (Lipinski definition) is 0. The molecular formula is C19H22N2. The summed E-state index contributed by atoms with van der Waals surface area (Å²) in [6.07, 6.45) is 9.42. The number of allylic oxidation sites excluding steroid dienone is 1. The third kappa shape index (κ3) is 1.71. The Morgan fingerprint density at radius 2 is 2.05 bits per heavy atom. The van der Waals surface area contributed by atoms with E-state index in [1.165, 1.54) is 53.3 Å². The second-order valence-corrected chi connectivity index (χ2v) is 6.08. The van der Waals surface area contributed by atoms with E-state index in [0.717, 1.165) is 6.54 Å². The molecule has 2 nitrogen and oxygen atoms in total. The van der Waals surface area contributed by atoms with E-state index >= 15 is 0 Å². The lowest BCUT2D eigenvalue weighted by atomic mass is 10.0. The number of hydrogen-bond donors (Lipinski definition) is 0. The van der Waals surface area contributed by atoms with Gasteiger partial charge in [0.25, 0.3) is 0 Å². The molecule has 3 aromatic rings. The smallest absolute Gasteiger partial charge is 0.121 e. The Labute approximate surface area is 125 Å². The molecule has 2 heteroatoms. The highest BCUT2D eigenvalue weighted by Gasteiger charge is 2.22. The molecular weight excluding hydrogens is 256 g/mol. The standard InChI is InChI=1S/C19H22N2/c1-3-4-13-21-17-12-8-6-10-15(17)18-14-9-5-7-11-16(14)20(2)19(18)21/h6-8,10-12H,3-5,9,13H2,1-2H3. The molecule has 4 rings (SSSR count). The molecule has 0 fully saturated rings. The normalized spacial score (nSPS) is 14.2. The van der Waals surface area contributed by atoms with Gasteiger partial charge in [-0.15, -0.1) is 0 Å². The van der Waals surface area contributed by atoms with Crippen LogP contribution in [0.15, 0.2) is 30.3 Å². The zero-order valence-electron chi connectivity index (χ0n) is 12.9. The van der Waals surface area contributed by atoms with Crippen LogP contribution in [0, 0.1) is 0 Å². The van der Waals surface area contributed by atoms with E-state index in [0.29, 0.717) is 0 Å². The fourth-order valence-electron chi connectivity index (χ4n) is 3.81. The summed E-state index contributed by atoms with van der Waals surface area (Å²) >= 11 is 0. The van der Waals surface area contributed by atoms with Crippen LogP contribution in [-0.2, 0) is 20.0 Å². The molecule has 0 bridgehead atoms. The lowest BCUT2D eigenvalue weighted by molar-refractivity contribution is 0.653. The molecule has 2 heterocycles. The molecule has 108 valence electrons. The number of aromatic nitrogens is 2. The van der Waals surface area contributed by atoms with Gasteiger partial charge in [0.1, 0.15) is 5.65 Å². The van der Waals surface area contributed by atoms with E-state index < -0.39 is 0 Å². The van der Waals surface area contributed by atoms with Crippen LogP contribution >= 0.6 is 0 Å². The molecule has 0 aliphatic heterocycles. The molecule has 0 radical (unpaired) electrons. The summed E-state index contributed by atoms with van der Waals surface area (Å²) in [6, 6.07) is 8.90. The SMILES string of the molecule is CCCCn1c2ccccc2c2c3c(n(C)c21)C=CCC3. The number of nitrogens with zero attached hydrogens (tertiary/aromatic N) is 2. The Morgan fingerprint density at radius 1 is 1.19 bits per heavy atom. The van der Waals surface area contributed by atoms with E-state index in [-0.39, 0.29) is 0 Å². The predicted octanol–water partition coefficient (Wildman–Crippen LogP) is 4.89. The summed E-state index contributed by atoms with van der Waals surface area (Å²) in [4.78, 5) is 0. The van der Waals surface area contributed by atoms with Crippen molar-refractivity contribution in [3.8, 4) is 0 Å². The highest BCUT2D eigenvalue weighted by atomic mass is 15.1. The van der Waals surface area contributed by atoms with Gasteiger partial charge < -0.3 is 9.13 Å². The average molecular weight is 278 g/mol. The highest BCUT2D eigenvalue weighted by Crippen LogP contribution is 2.37. The number of rotatable bonds is 3. The van der Waals surface area contributed by atoms with E-state index in [9.17, 15) is 0 Å². The minimum atomic E-state index is 1.11. The van der Waals surface area contributed by atoms with Crippen molar-refractivity contribution in [3.05, 3.63) is 41.6 Å². The fourth-order valence-corrected chi connectivity index (χ4v) is 3.81. The molecule has 0 spiro atoms. The van der Waals surface area contributed by atoms with Crippen LogP contribution in [0.5, 0.6) is 0 Å². The highest BCUT2D eigenvalue weighted by molar-refractivity contribution is 6.10. The Bertz CT molecular complexity index is 846. The number of benzene rings is 1. The van der Waals surface area contributed by atoms with Gasteiger partial charge in [-0.3, -0.25) is 0 Å². The van der Waals surface area contributed by atoms with Gasteiger partial charge in [-0.2, -0.15) is 0 Å². The number of aryl methyl sites for hydroxylation is 3. The zero-order valence-corrected chi connectivity index (χ0v) is 12.9. The monoisotopic (exact) mass is 278 g/mol. The first-order valence-electron chi connectivity index (χ1n) is 8.08. The zero-order chi connectivity index (χ0) is 14.4. The van der Waals surface area contributed by atoms with Gasteiger partial charge in [0.15, 0.2) is 0 Å². The van der Waals surface area contributed by atoms with Gasteiger partial charge in [0, 0.05) is 30.1 Å². The molecule has 0 amide bonds. The largest absolute Gasteiger partial charge is 0.330 e. The average Bonchev–Trinajstić information content (AvgIpc) is 3.00. The Kier molecular flexibility index (Phi) is 2.91. The summed E-state index contributed by atoms with van der Waals surface area (Å²) in [6.45, 7) is 3.38. The lowest BCUT2D eigenvalue weighted by Crippen LogP contribution is -2.03. The maximum absolute atomic E-state index is 2.53. The van der Waals surface area contributed by atoms with E-state index in [1.807, 2.05) is 0 Å². The Balaban J connectivity index is 2.13. The quantitative estimate of drug-likeness (QED) is 0.645. The van der Waals surface area contributed by atoms with Crippen molar-refractivity contribution in [2.45, 2.75) is 39.2 Å². The minimum Gasteiger partial charge on any atom is -0.330 e. The topological polar surface area (TPSA) is 9.86 Å². The summed E-state index contributed by atoms with van der Waals surface area (Å²) in [5.74, 6) is 0. The number of para-hydroxylation sites is 1. The lowest BCUT2D eigenvalue weighted by Gasteiger charge is -2.11. The van der Waals surface area contributed by atoms with Gasteiger partial charge >= 0.3 is 0 Å². The molecule has 1 aromatic carbocycles. The van der Waals surface area contributed by atoms with Gasteiger partial charge in [-0.05, 0) is 37.0 Å². The van der Waals surface area contributed by atoms with Gasteiger partial charge in [-0.1, -0.05) is 37.6 Å².